The van der Waals surface area contributed by atoms with Gasteiger partial charge >= 0.3 is 5.97 Å². The Morgan fingerprint density at radius 2 is 1.35 bits per heavy atom. The highest BCUT2D eigenvalue weighted by atomic mass is 32.2. The molecule has 2 N–H and O–H groups in total. The third kappa shape index (κ3) is 6.24. The smallest absolute Gasteiger partial charge is 0.307 e. The molecule has 2 aromatic carbocycles. The summed E-state index contributed by atoms with van der Waals surface area (Å²) in [6.07, 6.45) is 1.35. The first kappa shape index (κ1) is 27.5. The Kier molecular flexibility index (Phi) is 9.41. The van der Waals surface area contributed by atoms with Crippen molar-refractivity contribution >= 4 is 27.6 Å². The minimum Gasteiger partial charge on any atom is -0.456 e. The van der Waals surface area contributed by atoms with Gasteiger partial charge in [0, 0.05) is 12.2 Å². The van der Waals surface area contributed by atoms with Crippen molar-refractivity contribution in [1.29, 1.82) is 0 Å². The van der Waals surface area contributed by atoms with E-state index in [2.05, 4.69) is 10.0 Å². The maximum absolute atomic E-state index is 12.9. The van der Waals surface area contributed by atoms with Gasteiger partial charge in [0.25, 0.3) is 5.91 Å². The zero-order chi connectivity index (χ0) is 25.6. The average Bonchev–Trinajstić information content (AvgIpc) is 2.80. The monoisotopic (exact) mass is 488 g/mol. The molecule has 2 rings (SSSR count). The molecule has 0 fully saturated rings. The molecular formula is C26H36N2O5S. The van der Waals surface area contributed by atoms with Crippen molar-refractivity contribution in [1.82, 2.24) is 4.72 Å². The number of sulfonamides is 1. The van der Waals surface area contributed by atoms with E-state index in [1.807, 2.05) is 52.8 Å². The van der Waals surface area contributed by atoms with Crippen LogP contribution in [0.1, 0.15) is 59.2 Å². The van der Waals surface area contributed by atoms with Gasteiger partial charge in [0.1, 0.15) is 0 Å². The fourth-order valence-corrected chi connectivity index (χ4v) is 5.65. The maximum Gasteiger partial charge on any atom is 0.307 e. The summed E-state index contributed by atoms with van der Waals surface area (Å²) in [6, 6.07) is 5.86. The third-order valence-electron chi connectivity index (χ3n) is 6.45. The van der Waals surface area contributed by atoms with E-state index in [0.717, 1.165) is 46.3 Å². The standard InChI is InChI=1S/C26H36N2O5S/c1-8-21-11-10-12-22(9-2)25(21)28-23(29)15-33-24(30)13-14-27-34(31,32)26-19(6)17(4)16(3)18(5)20(26)7/h10-12,27H,8-9,13-15H2,1-7H3,(H,28,29). The van der Waals surface area contributed by atoms with Gasteiger partial charge < -0.3 is 10.1 Å². The van der Waals surface area contributed by atoms with Crippen molar-refractivity contribution in [3.05, 3.63) is 57.1 Å². The van der Waals surface area contributed by atoms with E-state index in [9.17, 15) is 18.0 Å². The number of carbonyl (C=O) groups excluding carboxylic acids is 2. The van der Waals surface area contributed by atoms with Crippen LogP contribution in [0.2, 0.25) is 0 Å². The summed E-state index contributed by atoms with van der Waals surface area (Å²) in [6.45, 7) is 12.8. The Morgan fingerprint density at radius 1 is 0.853 bits per heavy atom. The molecule has 0 aromatic heterocycles. The first-order chi connectivity index (χ1) is 15.9. The number of nitrogens with one attached hydrogen (secondary N) is 2. The average molecular weight is 489 g/mol. The lowest BCUT2D eigenvalue weighted by molar-refractivity contribution is -0.147. The van der Waals surface area contributed by atoms with E-state index >= 15 is 0 Å². The van der Waals surface area contributed by atoms with E-state index in [0.29, 0.717) is 11.1 Å². The fraction of sp³-hybridized carbons (Fsp3) is 0.462. The van der Waals surface area contributed by atoms with Gasteiger partial charge in [-0.25, -0.2) is 13.1 Å². The number of hydrogen-bond donors (Lipinski definition) is 2. The molecule has 0 aliphatic rings. The highest BCUT2D eigenvalue weighted by Crippen LogP contribution is 2.29. The topological polar surface area (TPSA) is 102 Å². The van der Waals surface area contributed by atoms with Gasteiger partial charge in [-0.2, -0.15) is 0 Å². The molecule has 0 bridgehead atoms. The molecule has 8 heteroatoms. The van der Waals surface area contributed by atoms with Crippen LogP contribution in [0, 0.1) is 34.6 Å². The van der Waals surface area contributed by atoms with Gasteiger partial charge in [0.2, 0.25) is 10.0 Å². The number of aryl methyl sites for hydroxylation is 2. The van der Waals surface area contributed by atoms with Crippen molar-refractivity contribution in [2.24, 2.45) is 0 Å². The molecule has 0 radical (unpaired) electrons. The number of rotatable bonds is 10. The number of anilines is 1. The first-order valence-corrected chi connectivity index (χ1v) is 13.1. The quantitative estimate of drug-likeness (QED) is 0.488. The highest BCUT2D eigenvalue weighted by molar-refractivity contribution is 7.89. The molecular weight excluding hydrogens is 452 g/mol. The number of carbonyl (C=O) groups is 2. The van der Waals surface area contributed by atoms with Crippen LogP contribution >= 0.6 is 0 Å². The number of amides is 1. The Hall–Kier alpha value is -2.71. The molecule has 0 aliphatic heterocycles. The van der Waals surface area contributed by atoms with Crippen LogP contribution in [0.25, 0.3) is 0 Å². The van der Waals surface area contributed by atoms with E-state index in [1.165, 1.54) is 0 Å². The normalized spacial score (nSPS) is 11.4. The molecule has 2 aromatic rings. The highest BCUT2D eigenvalue weighted by Gasteiger charge is 2.23. The van der Waals surface area contributed by atoms with E-state index in [4.69, 9.17) is 4.74 Å². The molecule has 7 nitrogen and oxygen atoms in total. The summed E-state index contributed by atoms with van der Waals surface area (Å²) < 4.78 is 33.4. The summed E-state index contributed by atoms with van der Waals surface area (Å²) >= 11 is 0. The molecule has 1 amide bonds. The Morgan fingerprint density at radius 3 is 1.85 bits per heavy atom. The van der Waals surface area contributed by atoms with Gasteiger partial charge in [0.15, 0.2) is 6.61 Å². The number of benzene rings is 2. The predicted molar refractivity (Wildman–Crippen MR) is 135 cm³/mol. The minimum atomic E-state index is -3.80. The lowest BCUT2D eigenvalue weighted by Gasteiger charge is -2.19. The van der Waals surface area contributed by atoms with Crippen LogP contribution in [0.15, 0.2) is 23.1 Å². The van der Waals surface area contributed by atoms with Crippen molar-refractivity contribution in [2.45, 2.75) is 72.6 Å². The molecule has 0 saturated carbocycles. The van der Waals surface area contributed by atoms with Crippen molar-refractivity contribution in [3.63, 3.8) is 0 Å². The summed E-state index contributed by atoms with van der Waals surface area (Å²) in [5.74, 6) is -1.08. The third-order valence-corrected chi connectivity index (χ3v) is 8.18. The maximum atomic E-state index is 12.9. The van der Waals surface area contributed by atoms with Crippen molar-refractivity contribution in [3.8, 4) is 0 Å². The van der Waals surface area contributed by atoms with Crippen molar-refractivity contribution in [2.75, 3.05) is 18.5 Å². The van der Waals surface area contributed by atoms with Gasteiger partial charge in [-0.05, 0) is 86.4 Å². The van der Waals surface area contributed by atoms with Crippen LogP contribution < -0.4 is 10.0 Å². The molecule has 0 heterocycles. The Bertz CT molecular complexity index is 1130. The lowest BCUT2D eigenvalue weighted by atomic mass is 9.95. The fourth-order valence-electron chi connectivity index (χ4n) is 4.03. The molecule has 34 heavy (non-hydrogen) atoms. The molecule has 186 valence electrons. The second kappa shape index (κ2) is 11.6. The molecule has 0 atom stereocenters. The summed E-state index contributed by atoms with van der Waals surface area (Å²) in [5.41, 5.74) is 7.13. The van der Waals surface area contributed by atoms with Crippen LogP contribution in [-0.2, 0) is 37.2 Å². The SMILES string of the molecule is CCc1cccc(CC)c1NC(=O)COC(=O)CCNS(=O)(=O)c1c(C)c(C)c(C)c(C)c1C. The van der Waals surface area contributed by atoms with Crippen LogP contribution in [0.4, 0.5) is 5.69 Å². The summed E-state index contributed by atoms with van der Waals surface area (Å²) in [7, 11) is -3.80. The van der Waals surface area contributed by atoms with E-state index < -0.39 is 28.5 Å². The summed E-state index contributed by atoms with van der Waals surface area (Å²) in [4.78, 5) is 24.7. The van der Waals surface area contributed by atoms with Gasteiger partial charge in [-0.3, -0.25) is 9.59 Å². The second-order valence-electron chi connectivity index (χ2n) is 8.47. The predicted octanol–water partition coefficient (Wildman–Crippen LogP) is 4.20. The number of ether oxygens (including phenoxy) is 1. The number of esters is 1. The zero-order valence-electron chi connectivity index (χ0n) is 21.2. The molecule has 0 spiro atoms. The van der Waals surface area contributed by atoms with Crippen molar-refractivity contribution < 1.29 is 22.7 Å². The first-order valence-electron chi connectivity index (χ1n) is 11.6. The van der Waals surface area contributed by atoms with Crippen LogP contribution in [-0.4, -0.2) is 33.4 Å². The van der Waals surface area contributed by atoms with E-state index in [-0.39, 0.29) is 17.9 Å². The second-order valence-corrected chi connectivity index (χ2v) is 10.2. The molecule has 0 saturated heterocycles. The Balaban J connectivity index is 1.94. The van der Waals surface area contributed by atoms with Crippen LogP contribution in [0.5, 0.6) is 0 Å². The van der Waals surface area contributed by atoms with Gasteiger partial charge in [-0.1, -0.05) is 32.0 Å². The number of hydrogen-bond acceptors (Lipinski definition) is 5. The largest absolute Gasteiger partial charge is 0.456 e. The molecule has 0 aliphatic carbocycles. The van der Waals surface area contributed by atoms with Gasteiger partial charge in [-0.15, -0.1) is 0 Å². The Labute approximate surface area is 203 Å². The minimum absolute atomic E-state index is 0.119. The molecule has 0 unspecified atom stereocenters. The number of para-hydroxylation sites is 1. The van der Waals surface area contributed by atoms with Gasteiger partial charge in [0.05, 0.1) is 11.3 Å². The summed E-state index contributed by atoms with van der Waals surface area (Å²) in [5, 5.41) is 2.84. The van der Waals surface area contributed by atoms with E-state index in [1.54, 1.807) is 13.8 Å². The zero-order valence-corrected chi connectivity index (χ0v) is 22.0. The van der Waals surface area contributed by atoms with Crippen LogP contribution in [0.3, 0.4) is 0 Å². The lowest BCUT2D eigenvalue weighted by Crippen LogP contribution is -2.29.